The highest BCUT2D eigenvalue weighted by Gasteiger charge is 2.66. The summed E-state index contributed by atoms with van der Waals surface area (Å²) in [4.78, 5) is 51.1. The minimum Gasteiger partial charge on any atom is -0.469 e. The van der Waals surface area contributed by atoms with Crippen LogP contribution in [0, 0.1) is 46.3 Å². The number of methoxy groups -OCH3 is 1. The van der Waals surface area contributed by atoms with Crippen molar-refractivity contribution in [3.8, 4) is 0 Å². The smallest absolute Gasteiger partial charge is 0.469 e. The molecular formula is C28H42O7. The van der Waals surface area contributed by atoms with Crippen LogP contribution in [0.25, 0.3) is 0 Å². The van der Waals surface area contributed by atoms with Gasteiger partial charge in [0.1, 0.15) is 17.7 Å². The average Bonchev–Trinajstić information content (AvgIpc) is 3.17. The number of carbonyl (C=O) groups excluding carboxylic acids is 4. The monoisotopic (exact) mass is 490 g/mol. The van der Waals surface area contributed by atoms with Crippen molar-refractivity contribution in [1.29, 1.82) is 0 Å². The molecule has 0 aliphatic heterocycles. The van der Waals surface area contributed by atoms with Gasteiger partial charge in [0.25, 0.3) is 0 Å². The highest BCUT2D eigenvalue weighted by atomic mass is 16.7. The van der Waals surface area contributed by atoms with Crippen molar-refractivity contribution in [2.75, 3.05) is 13.7 Å². The number of ketones is 2. The first-order valence-corrected chi connectivity index (χ1v) is 13.5. The van der Waals surface area contributed by atoms with E-state index in [1.807, 2.05) is 0 Å². The summed E-state index contributed by atoms with van der Waals surface area (Å²) in [6, 6.07) is 0. The molecule has 0 aromatic carbocycles. The van der Waals surface area contributed by atoms with Gasteiger partial charge in [0.2, 0.25) is 0 Å². The van der Waals surface area contributed by atoms with Crippen molar-refractivity contribution >= 4 is 23.7 Å². The van der Waals surface area contributed by atoms with E-state index in [1.54, 1.807) is 6.92 Å². The fourth-order valence-electron chi connectivity index (χ4n) is 8.60. The zero-order valence-electron chi connectivity index (χ0n) is 22.0. The van der Waals surface area contributed by atoms with Crippen molar-refractivity contribution < 1.29 is 33.4 Å². The number of rotatable bonds is 6. The van der Waals surface area contributed by atoms with Gasteiger partial charge in [0.05, 0.1) is 13.7 Å². The van der Waals surface area contributed by atoms with Crippen molar-refractivity contribution in [2.45, 2.75) is 91.6 Å². The van der Waals surface area contributed by atoms with Crippen LogP contribution >= 0.6 is 0 Å². The molecule has 0 aromatic heterocycles. The Morgan fingerprint density at radius 1 is 1.09 bits per heavy atom. The summed E-state index contributed by atoms with van der Waals surface area (Å²) in [7, 11) is 1.41. The lowest BCUT2D eigenvalue weighted by molar-refractivity contribution is -0.169. The van der Waals surface area contributed by atoms with E-state index < -0.39 is 11.6 Å². The SMILES string of the molecule is CCOC(=O)O[C@@H]1CC[C@@]2(C)[C@@H](CC(=O)[C@@H]3[C@@H]2CC(=O)[C@]2(C)[C@@H]([C@H](C)CCC(=O)OC)CC[C@@H]32)C1. The van der Waals surface area contributed by atoms with Crippen molar-refractivity contribution in [3.63, 3.8) is 0 Å². The molecular weight excluding hydrogens is 448 g/mol. The molecule has 0 radical (unpaired) electrons. The molecule has 0 saturated heterocycles. The van der Waals surface area contributed by atoms with E-state index in [0.29, 0.717) is 43.7 Å². The molecule has 7 heteroatoms. The third-order valence-corrected chi connectivity index (χ3v) is 10.6. The molecule has 0 heterocycles. The van der Waals surface area contributed by atoms with E-state index in [0.717, 1.165) is 25.7 Å². The molecule has 0 bridgehead atoms. The molecule has 35 heavy (non-hydrogen) atoms. The Morgan fingerprint density at radius 2 is 1.83 bits per heavy atom. The average molecular weight is 491 g/mol. The van der Waals surface area contributed by atoms with E-state index in [1.165, 1.54) is 7.11 Å². The zero-order valence-corrected chi connectivity index (χ0v) is 22.0. The number of hydrogen-bond donors (Lipinski definition) is 0. The first kappa shape index (κ1) is 26.2. The Morgan fingerprint density at radius 3 is 2.51 bits per heavy atom. The number of ether oxygens (including phenoxy) is 3. The predicted octanol–water partition coefficient (Wildman–Crippen LogP) is 5.13. The van der Waals surface area contributed by atoms with Crippen LogP contribution in [0.4, 0.5) is 4.79 Å². The Bertz CT molecular complexity index is 867. The zero-order chi connectivity index (χ0) is 25.5. The summed E-state index contributed by atoms with van der Waals surface area (Å²) in [5, 5.41) is 0. The largest absolute Gasteiger partial charge is 0.508 e. The van der Waals surface area contributed by atoms with Crippen LogP contribution in [-0.2, 0) is 28.6 Å². The van der Waals surface area contributed by atoms with Gasteiger partial charge in [-0.1, -0.05) is 20.8 Å². The summed E-state index contributed by atoms with van der Waals surface area (Å²) >= 11 is 0. The van der Waals surface area contributed by atoms with Crippen LogP contribution in [0.3, 0.4) is 0 Å². The Balaban J connectivity index is 1.52. The number of esters is 1. The lowest BCUT2D eigenvalue weighted by atomic mass is 9.43. The standard InChI is InChI=1S/C28H42O7/c1-6-34-26(32)35-18-11-12-27(3)17(13-18)14-22(29)25-20-9-8-19(16(2)7-10-24(31)33-5)28(20,4)23(30)15-21(25)27/h16-21,25H,6-15H2,1-5H3/t16-,17-,18-,19-,20+,21+,25+,27+,28-/m1/s1. The van der Waals surface area contributed by atoms with Gasteiger partial charge in [-0.2, -0.15) is 0 Å². The molecule has 4 aliphatic rings. The molecule has 0 unspecified atom stereocenters. The number of fused-ring (bicyclic) bond motifs is 5. The maximum Gasteiger partial charge on any atom is 0.508 e. The Hall–Kier alpha value is -1.92. The highest BCUT2D eigenvalue weighted by Crippen LogP contribution is 2.66. The van der Waals surface area contributed by atoms with E-state index >= 15 is 0 Å². The van der Waals surface area contributed by atoms with Gasteiger partial charge >= 0.3 is 12.1 Å². The molecule has 9 atom stereocenters. The topological polar surface area (TPSA) is 96.0 Å². The van der Waals surface area contributed by atoms with Crippen molar-refractivity contribution in [2.24, 2.45) is 46.3 Å². The third-order valence-electron chi connectivity index (χ3n) is 10.6. The van der Waals surface area contributed by atoms with E-state index in [-0.39, 0.29) is 59.6 Å². The van der Waals surface area contributed by atoms with Gasteiger partial charge in [-0.25, -0.2) is 4.79 Å². The van der Waals surface area contributed by atoms with Crippen LogP contribution < -0.4 is 0 Å². The van der Waals surface area contributed by atoms with Crippen LogP contribution in [0.15, 0.2) is 0 Å². The quantitative estimate of drug-likeness (QED) is 0.476. The van der Waals surface area contributed by atoms with Crippen LogP contribution in [0.1, 0.15) is 85.5 Å². The van der Waals surface area contributed by atoms with Crippen molar-refractivity contribution in [3.05, 3.63) is 0 Å². The summed E-state index contributed by atoms with van der Waals surface area (Å²) in [6.07, 6.45) is 5.25. The van der Waals surface area contributed by atoms with Gasteiger partial charge < -0.3 is 14.2 Å². The van der Waals surface area contributed by atoms with E-state index in [9.17, 15) is 19.2 Å². The van der Waals surface area contributed by atoms with Crippen LogP contribution in [-0.4, -0.2) is 43.5 Å². The molecule has 196 valence electrons. The first-order valence-electron chi connectivity index (χ1n) is 13.5. The molecule has 7 nitrogen and oxygen atoms in total. The maximum atomic E-state index is 13.9. The maximum absolute atomic E-state index is 13.9. The number of carbonyl (C=O) groups is 4. The van der Waals surface area contributed by atoms with Gasteiger partial charge in [0, 0.05) is 30.6 Å². The Labute approximate surface area is 209 Å². The molecule has 4 rings (SSSR count). The van der Waals surface area contributed by atoms with Gasteiger partial charge in [-0.05, 0) is 80.5 Å². The first-order chi connectivity index (χ1) is 16.6. The minimum absolute atomic E-state index is 0.0620. The van der Waals surface area contributed by atoms with Gasteiger partial charge in [-0.3, -0.25) is 14.4 Å². The summed E-state index contributed by atoms with van der Waals surface area (Å²) in [6.45, 7) is 8.55. The van der Waals surface area contributed by atoms with Gasteiger partial charge in [-0.15, -0.1) is 0 Å². The summed E-state index contributed by atoms with van der Waals surface area (Å²) < 4.78 is 15.3. The minimum atomic E-state index is -0.636. The second-order valence-corrected chi connectivity index (χ2v) is 12.0. The van der Waals surface area contributed by atoms with Crippen molar-refractivity contribution in [1.82, 2.24) is 0 Å². The third kappa shape index (κ3) is 4.42. The molecule has 4 aliphatic carbocycles. The molecule has 4 saturated carbocycles. The second-order valence-electron chi connectivity index (χ2n) is 12.0. The number of Topliss-reactive ketones (excluding diaryl/α,β-unsaturated/α-hetero) is 2. The van der Waals surface area contributed by atoms with E-state index in [2.05, 4.69) is 20.8 Å². The Kier molecular flexibility index (Phi) is 7.36. The van der Waals surface area contributed by atoms with E-state index in [4.69, 9.17) is 14.2 Å². The van der Waals surface area contributed by atoms with Crippen LogP contribution in [0.2, 0.25) is 0 Å². The molecule has 0 aromatic rings. The molecule has 0 N–H and O–H groups in total. The number of hydrogen-bond acceptors (Lipinski definition) is 7. The lowest BCUT2D eigenvalue weighted by Gasteiger charge is -2.59. The molecule has 0 spiro atoms. The molecule has 4 fully saturated rings. The lowest BCUT2D eigenvalue weighted by Crippen LogP contribution is -2.60. The summed E-state index contributed by atoms with van der Waals surface area (Å²) in [5.74, 6) is 0.994. The fourth-order valence-corrected chi connectivity index (χ4v) is 8.60. The summed E-state index contributed by atoms with van der Waals surface area (Å²) in [5.41, 5.74) is -0.599. The second kappa shape index (κ2) is 9.85. The van der Waals surface area contributed by atoms with Gasteiger partial charge in [0.15, 0.2) is 0 Å². The van der Waals surface area contributed by atoms with Crippen LogP contribution in [0.5, 0.6) is 0 Å². The molecule has 0 amide bonds. The highest BCUT2D eigenvalue weighted by molar-refractivity contribution is 5.92. The normalized spacial score (nSPS) is 41.3. The fraction of sp³-hybridized carbons (Fsp3) is 0.857. The predicted molar refractivity (Wildman–Crippen MR) is 128 cm³/mol.